The molecule has 3 amide bonds. The molecular weight excluding hydrogens is 416 g/mol. The van der Waals surface area contributed by atoms with Crippen LogP contribution in [0.25, 0.3) is 6.08 Å². The highest BCUT2D eigenvalue weighted by molar-refractivity contribution is 8.18. The van der Waals surface area contributed by atoms with Crippen molar-refractivity contribution >= 4 is 46.7 Å². The number of hydrogen-bond acceptors (Lipinski definition) is 6. The minimum absolute atomic E-state index is 0.0271. The predicted octanol–water partition coefficient (Wildman–Crippen LogP) is 4.11. The van der Waals surface area contributed by atoms with Crippen molar-refractivity contribution in [1.29, 1.82) is 0 Å². The maximum atomic E-state index is 11.6. The van der Waals surface area contributed by atoms with Crippen molar-refractivity contribution in [3.8, 4) is 11.5 Å². The Morgan fingerprint density at radius 1 is 1.17 bits per heavy atom. The Morgan fingerprint density at radius 2 is 1.97 bits per heavy atom. The molecule has 2 fully saturated rings. The molecule has 0 bridgehead atoms. The van der Waals surface area contributed by atoms with Crippen LogP contribution >= 0.6 is 23.4 Å². The maximum Gasteiger partial charge on any atom is 0.407 e. The van der Waals surface area contributed by atoms with Gasteiger partial charge in [-0.05, 0) is 59.7 Å². The second-order valence-corrected chi connectivity index (χ2v) is 7.85. The molecule has 2 aromatic rings. The topological polar surface area (TPSA) is 93.7 Å². The van der Waals surface area contributed by atoms with Gasteiger partial charge in [-0.25, -0.2) is 4.79 Å². The zero-order valence-electron chi connectivity index (χ0n) is 14.9. The Hall–Kier alpha value is -2.97. The van der Waals surface area contributed by atoms with E-state index in [-0.39, 0.29) is 12.1 Å². The molecule has 1 unspecified atom stereocenters. The number of cyclic esters (lactones) is 1. The van der Waals surface area contributed by atoms with Gasteiger partial charge in [-0.15, -0.1) is 0 Å². The third-order valence-corrected chi connectivity index (χ3v) is 5.37. The second-order valence-electron chi connectivity index (χ2n) is 6.43. The van der Waals surface area contributed by atoms with Gasteiger partial charge >= 0.3 is 6.09 Å². The molecule has 0 aliphatic carbocycles. The van der Waals surface area contributed by atoms with Crippen molar-refractivity contribution in [3.05, 3.63) is 63.5 Å². The van der Waals surface area contributed by atoms with Gasteiger partial charge in [0.25, 0.3) is 11.1 Å². The minimum Gasteiger partial charge on any atom is -0.456 e. The Kier molecular flexibility index (Phi) is 5.46. The Bertz CT molecular complexity index is 1020. The van der Waals surface area contributed by atoms with Gasteiger partial charge in [0.2, 0.25) is 0 Å². The molecule has 2 N–H and O–H groups in total. The number of imide groups is 1. The van der Waals surface area contributed by atoms with Crippen molar-refractivity contribution < 1.29 is 23.9 Å². The zero-order chi connectivity index (χ0) is 20.4. The van der Waals surface area contributed by atoms with Gasteiger partial charge < -0.3 is 14.8 Å². The summed E-state index contributed by atoms with van der Waals surface area (Å²) >= 11 is 7.16. The fourth-order valence-corrected chi connectivity index (χ4v) is 3.81. The number of thioether (sulfide) groups is 1. The number of ether oxygens (including phenoxy) is 2. The fourth-order valence-electron chi connectivity index (χ4n) is 2.90. The van der Waals surface area contributed by atoms with E-state index in [0.29, 0.717) is 40.0 Å². The van der Waals surface area contributed by atoms with Crippen LogP contribution in [0.3, 0.4) is 0 Å². The molecular formula is C20H15ClN2O5S. The lowest BCUT2D eigenvalue weighted by atomic mass is 10.1. The van der Waals surface area contributed by atoms with Gasteiger partial charge in [0.1, 0.15) is 18.1 Å². The van der Waals surface area contributed by atoms with Crippen LogP contribution in [0.4, 0.5) is 9.59 Å². The SMILES string of the molecule is O=C1NC(Cc2ccc(Oc3ccc(C=C4SC(=O)NC4=O)cc3Cl)cc2)CO1. The van der Waals surface area contributed by atoms with Crippen molar-refractivity contribution in [2.75, 3.05) is 6.61 Å². The highest BCUT2D eigenvalue weighted by Gasteiger charge is 2.25. The number of carbonyl (C=O) groups is 3. The number of benzene rings is 2. The molecule has 2 aliphatic heterocycles. The summed E-state index contributed by atoms with van der Waals surface area (Å²) in [5, 5.41) is 4.94. The summed E-state index contributed by atoms with van der Waals surface area (Å²) in [6.07, 6.45) is 1.88. The van der Waals surface area contributed by atoms with Gasteiger partial charge in [0.15, 0.2) is 0 Å². The predicted molar refractivity (Wildman–Crippen MR) is 109 cm³/mol. The summed E-state index contributed by atoms with van der Waals surface area (Å²) < 4.78 is 10.7. The van der Waals surface area contributed by atoms with E-state index in [4.69, 9.17) is 21.1 Å². The van der Waals surface area contributed by atoms with Gasteiger partial charge in [0, 0.05) is 0 Å². The second kappa shape index (κ2) is 8.18. The van der Waals surface area contributed by atoms with Crippen molar-refractivity contribution in [2.24, 2.45) is 0 Å². The molecule has 1 atom stereocenters. The van der Waals surface area contributed by atoms with E-state index in [9.17, 15) is 14.4 Å². The number of amides is 3. The van der Waals surface area contributed by atoms with E-state index in [1.54, 1.807) is 24.3 Å². The van der Waals surface area contributed by atoms with E-state index in [1.165, 1.54) is 0 Å². The summed E-state index contributed by atoms with van der Waals surface area (Å²) in [5.41, 5.74) is 1.73. The first-order valence-electron chi connectivity index (χ1n) is 8.71. The van der Waals surface area contributed by atoms with Gasteiger partial charge in [-0.2, -0.15) is 0 Å². The van der Waals surface area contributed by atoms with Crippen LogP contribution in [0.5, 0.6) is 11.5 Å². The summed E-state index contributed by atoms with van der Waals surface area (Å²) in [6.45, 7) is 0.365. The van der Waals surface area contributed by atoms with Gasteiger partial charge in [-0.3, -0.25) is 14.9 Å². The zero-order valence-corrected chi connectivity index (χ0v) is 16.5. The first-order chi connectivity index (χ1) is 14.0. The number of alkyl carbamates (subject to hydrolysis) is 1. The quantitative estimate of drug-likeness (QED) is 0.693. The first kappa shape index (κ1) is 19.4. The lowest BCUT2D eigenvalue weighted by Gasteiger charge is -2.10. The molecule has 4 rings (SSSR count). The Balaban J connectivity index is 1.41. The van der Waals surface area contributed by atoms with E-state index >= 15 is 0 Å². The van der Waals surface area contributed by atoms with Gasteiger partial charge in [-0.1, -0.05) is 29.8 Å². The molecule has 7 nitrogen and oxygen atoms in total. The smallest absolute Gasteiger partial charge is 0.407 e. The van der Waals surface area contributed by atoms with E-state index in [0.717, 1.165) is 17.3 Å². The lowest BCUT2D eigenvalue weighted by molar-refractivity contribution is -0.115. The van der Waals surface area contributed by atoms with Crippen LogP contribution in [0, 0.1) is 0 Å². The van der Waals surface area contributed by atoms with Crippen LogP contribution in [0.1, 0.15) is 11.1 Å². The summed E-state index contributed by atoms with van der Waals surface area (Å²) in [7, 11) is 0. The molecule has 29 heavy (non-hydrogen) atoms. The van der Waals surface area contributed by atoms with E-state index < -0.39 is 11.1 Å². The average molecular weight is 431 g/mol. The molecule has 0 aromatic heterocycles. The molecule has 2 aliphatic rings. The Morgan fingerprint density at radius 3 is 2.59 bits per heavy atom. The normalized spacial score (nSPS) is 19.8. The summed E-state index contributed by atoms with van der Waals surface area (Å²) in [5.74, 6) is 0.669. The van der Waals surface area contributed by atoms with E-state index in [2.05, 4.69) is 10.6 Å². The molecule has 0 spiro atoms. The third-order valence-electron chi connectivity index (χ3n) is 4.27. The van der Waals surface area contributed by atoms with E-state index in [1.807, 2.05) is 24.3 Å². The molecule has 0 radical (unpaired) electrons. The van der Waals surface area contributed by atoms with Crippen LogP contribution in [-0.2, 0) is 16.0 Å². The van der Waals surface area contributed by atoms with Gasteiger partial charge in [0.05, 0.1) is 16.0 Å². The van der Waals surface area contributed by atoms with Crippen LogP contribution < -0.4 is 15.4 Å². The first-order valence-corrected chi connectivity index (χ1v) is 9.90. The number of nitrogens with one attached hydrogen (secondary N) is 2. The number of hydrogen-bond donors (Lipinski definition) is 2. The largest absolute Gasteiger partial charge is 0.456 e. The minimum atomic E-state index is -0.416. The molecule has 148 valence electrons. The molecule has 9 heteroatoms. The highest BCUT2D eigenvalue weighted by Crippen LogP contribution is 2.32. The third kappa shape index (κ3) is 4.72. The van der Waals surface area contributed by atoms with Crippen LogP contribution in [0.2, 0.25) is 5.02 Å². The summed E-state index contributed by atoms with van der Waals surface area (Å²) in [6, 6.07) is 12.6. The highest BCUT2D eigenvalue weighted by atomic mass is 35.5. The van der Waals surface area contributed by atoms with Crippen molar-refractivity contribution in [3.63, 3.8) is 0 Å². The molecule has 2 aromatic carbocycles. The number of halogens is 1. The standard InChI is InChI=1S/C20H15ClN2O5S/c21-15-8-12(9-17-18(24)23-20(26)29-17)3-6-16(15)28-14-4-1-11(2-5-14)7-13-10-27-19(25)22-13/h1-6,8-9,13H,7,10H2,(H,22,25)(H,23,24,26). The maximum absolute atomic E-state index is 11.6. The average Bonchev–Trinajstić information content (AvgIpc) is 3.23. The lowest BCUT2D eigenvalue weighted by Crippen LogP contribution is -2.28. The van der Waals surface area contributed by atoms with Crippen molar-refractivity contribution in [2.45, 2.75) is 12.5 Å². The number of carbonyl (C=O) groups excluding carboxylic acids is 3. The van der Waals surface area contributed by atoms with Crippen LogP contribution in [-0.4, -0.2) is 29.9 Å². The monoisotopic (exact) mass is 430 g/mol. The summed E-state index contributed by atoms with van der Waals surface area (Å²) in [4.78, 5) is 34.3. The molecule has 2 heterocycles. The molecule has 0 saturated carbocycles. The van der Waals surface area contributed by atoms with Crippen molar-refractivity contribution in [1.82, 2.24) is 10.6 Å². The van der Waals surface area contributed by atoms with Crippen LogP contribution in [0.15, 0.2) is 47.4 Å². The fraction of sp³-hybridized carbons (Fsp3) is 0.150. The number of rotatable bonds is 5. The molecule has 2 saturated heterocycles. The Labute approximate surface area is 175 Å².